The van der Waals surface area contributed by atoms with E-state index in [-0.39, 0.29) is 24.3 Å². The highest BCUT2D eigenvalue weighted by molar-refractivity contribution is 6.08. The number of primary amides is 1. The van der Waals surface area contributed by atoms with Gasteiger partial charge in [-0.1, -0.05) is 12.1 Å². The van der Waals surface area contributed by atoms with E-state index in [4.69, 9.17) is 15.3 Å². The summed E-state index contributed by atoms with van der Waals surface area (Å²) in [6.07, 6.45) is 0.950. The SMILES string of the molecule is Cc1cccc(N(CCC(N)=O)C(=O)c2c(C)coc2CC(=O)O)c1. The molecule has 0 spiro atoms. The summed E-state index contributed by atoms with van der Waals surface area (Å²) in [6.45, 7) is 3.65. The summed E-state index contributed by atoms with van der Waals surface area (Å²) in [6, 6.07) is 7.25. The Balaban J connectivity index is 2.43. The van der Waals surface area contributed by atoms with Crippen LogP contribution >= 0.6 is 0 Å². The van der Waals surface area contributed by atoms with E-state index in [0.29, 0.717) is 11.3 Å². The van der Waals surface area contributed by atoms with E-state index in [2.05, 4.69) is 0 Å². The lowest BCUT2D eigenvalue weighted by molar-refractivity contribution is -0.136. The summed E-state index contributed by atoms with van der Waals surface area (Å²) in [5.41, 5.74) is 7.52. The first-order valence-electron chi connectivity index (χ1n) is 7.75. The molecule has 7 nitrogen and oxygen atoms in total. The minimum Gasteiger partial charge on any atom is -0.481 e. The van der Waals surface area contributed by atoms with Gasteiger partial charge in [0.05, 0.1) is 11.8 Å². The summed E-state index contributed by atoms with van der Waals surface area (Å²) in [7, 11) is 0. The molecule has 1 aromatic heterocycles. The lowest BCUT2D eigenvalue weighted by Crippen LogP contribution is -2.35. The van der Waals surface area contributed by atoms with E-state index in [1.165, 1.54) is 11.2 Å². The highest BCUT2D eigenvalue weighted by Gasteiger charge is 2.26. The Morgan fingerprint density at radius 3 is 2.56 bits per heavy atom. The smallest absolute Gasteiger partial charge is 0.311 e. The van der Waals surface area contributed by atoms with Crippen molar-refractivity contribution in [1.29, 1.82) is 0 Å². The van der Waals surface area contributed by atoms with Crippen molar-refractivity contribution in [2.75, 3.05) is 11.4 Å². The van der Waals surface area contributed by atoms with Gasteiger partial charge in [-0.05, 0) is 31.5 Å². The third-order valence-corrected chi connectivity index (χ3v) is 3.72. The van der Waals surface area contributed by atoms with Crippen LogP contribution in [0.3, 0.4) is 0 Å². The molecule has 1 heterocycles. The molecular formula is C18H20N2O5. The van der Waals surface area contributed by atoms with E-state index in [9.17, 15) is 14.4 Å². The Hall–Kier alpha value is -3.09. The fourth-order valence-electron chi connectivity index (χ4n) is 2.55. The molecule has 1 aromatic carbocycles. The predicted octanol–water partition coefficient (Wildman–Crippen LogP) is 2.05. The van der Waals surface area contributed by atoms with Crippen LogP contribution in [0.15, 0.2) is 34.9 Å². The van der Waals surface area contributed by atoms with Gasteiger partial charge in [-0.25, -0.2) is 0 Å². The van der Waals surface area contributed by atoms with Crippen LogP contribution < -0.4 is 10.6 Å². The fourth-order valence-corrected chi connectivity index (χ4v) is 2.55. The zero-order chi connectivity index (χ0) is 18.6. The quantitative estimate of drug-likeness (QED) is 0.798. The lowest BCUT2D eigenvalue weighted by Gasteiger charge is -2.23. The number of carboxylic acid groups (broad SMARTS) is 1. The number of carbonyl (C=O) groups excluding carboxylic acids is 2. The molecule has 0 saturated carbocycles. The van der Waals surface area contributed by atoms with Crippen molar-refractivity contribution < 1.29 is 23.9 Å². The van der Waals surface area contributed by atoms with Crippen LogP contribution in [0.5, 0.6) is 0 Å². The number of anilines is 1. The van der Waals surface area contributed by atoms with E-state index in [1.807, 2.05) is 19.1 Å². The standard InChI is InChI=1S/C18H20N2O5/c1-11-4-3-5-13(8-11)20(7-6-15(19)21)18(24)17-12(2)10-25-14(17)9-16(22)23/h3-5,8,10H,6-7,9H2,1-2H3,(H2,19,21)(H,22,23). The van der Waals surface area contributed by atoms with E-state index in [0.717, 1.165) is 5.56 Å². The number of hydrogen-bond donors (Lipinski definition) is 2. The summed E-state index contributed by atoms with van der Waals surface area (Å²) in [5, 5.41) is 9.00. The van der Waals surface area contributed by atoms with Crippen LogP contribution in [0.25, 0.3) is 0 Å². The van der Waals surface area contributed by atoms with Gasteiger partial charge in [0.1, 0.15) is 12.2 Å². The van der Waals surface area contributed by atoms with E-state index >= 15 is 0 Å². The topological polar surface area (TPSA) is 114 Å². The summed E-state index contributed by atoms with van der Waals surface area (Å²) >= 11 is 0. The zero-order valence-electron chi connectivity index (χ0n) is 14.1. The number of amides is 2. The van der Waals surface area contributed by atoms with Gasteiger partial charge < -0.3 is 20.2 Å². The van der Waals surface area contributed by atoms with Crippen molar-refractivity contribution >= 4 is 23.5 Å². The number of aryl methyl sites for hydroxylation is 2. The second-order valence-corrected chi connectivity index (χ2v) is 5.80. The first kappa shape index (κ1) is 18.3. The molecule has 2 amide bonds. The molecule has 0 saturated heterocycles. The minimum absolute atomic E-state index is 0.00908. The van der Waals surface area contributed by atoms with Gasteiger partial charge in [0.15, 0.2) is 0 Å². The van der Waals surface area contributed by atoms with Gasteiger partial charge >= 0.3 is 5.97 Å². The minimum atomic E-state index is -1.09. The van der Waals surface area contributed by atoms with Gasteiger partial charge in [0, 0.05) is 24.2 Å². The fraction of sp³-hybridized carbons (Fsp3) is 0.278. The van der Waals surface area contributed by atoms with Gasteiger partial charge in [-0.3, -0.25) is 14.4 Å². The van der Waals surface area contributed by atoms with E-state index < -0.39 is 24.2 Å². The summed E-state index contributed by atoms with van der Waals surface area (Å²) in [5.74, 6) is -1.95. The molecule has 0 aliphatic carbocycles. The highest BCUT2D eigenvalue weighted by Crippen LogP contribution is 2.24. The van der Waals surface area contributed by atoms with Crippen molar-refractivity contribution in [2.45, 2.75) is 26.7 Å². The lowest BCUT2D eigenvalue weighted by atomic mass is 10.1. The third kappa shape index (κ3) is 4.47. The number of nitrogens with zero attached hydrogens (tertiary/aromatic N) is 1. The van der Waals surface area contributed by atoms with Crippen LogP contribution in [0.1, 0.15) is 33.7 Å². The molecule has 2 aromatic rings. The molecule has 0 unspecified atom stereocenters. The van der Waals surface area contributed by atoms with Crippen molar-refractivity contribution in [3.8, 4) is 0 Å². The molecule has 0 fully saturated rings. The summed E-state index contributed by atoms with van der Waals surface area (Å²) < 4.78 is 5.24. The molecule has 0 aliphatic heterocycles. The second-order valence-electron chi connectivity index (χ2n) is 5.80. The predicted molar refractivity (Wildman–Crippen MR) is 91.5 cm³/mol. The maximum absolute atomic E-state index is 13.1. The number of nitrogens with two attached hydrogens (primary N) is 1. The molecule has 25 heavy (non-hydrogen) atoms. The maximum Gasteiger partial charge on any atom is 0.311 e. The Morgan fingerprint density at radius 2 is 1.96 bits per heavy atom. The number of benzene rings is 1. The van der Waals surface area contributed by atoms with Crippen molar-refractivity contribution in [3.63, 3.8) is 0 Å². The van der Waals surface area contributed by atoms with Gasteiger partial charge in [0.25, 0.3) is 5.91 Å². The molecular weight excluding hydrogens is 324 g/mol. The van der Waals surface area contributed by atoms with Crippen LogP contribution in [0.2, 0.25) is 0 Å². The largest absolute Gasteiger partial charge is 0.481 e. The van der Waals surface area contributed by atoms with Gasteiger partial charge in [-0.2, -0.15) is 0 Å². The third-order valence-electron chi connectivity index (χ3n) is 3.72. The van der Waals surface area contributed by atoms with Gasteiger partial charge in [-0.15, -0.1) is 0 Å². The molecule has 0 aliphatic rings. The number of aliphatic carboxylic acids is 1. The monoisotopic (exact) mass is 344 g/mol. The zero-order valence-corrected chi connectivity index (χ0v) is 14.1. The molecule has 2 rings (SSSR count). The number of carboxylic acids is 1. The average Bonchev–Trinajstić information content (AvgIpc) is 2.87. The number of hydrogen-bond acceptors (Lipinski definition) is 4. The number of carbonyl (C=O) groups is 3. The molecule has 0 bridgehead atoms. The summed E-state index contributed by atoms with van der Waals surface area (Å²) in [4.78, 5) is 36.7. The Kier molecular flexibility index (Phi) is 5.59. The average molecular weight is 344 g/mol. The second kappa shape index (κ2) is 7.65. The molecule has 0 atom stereocenters. The normalized spacial score (nSPS) is 10.5. The van der Waals surface area contributed by atoms with Crippen LogP contribution in [0.4, 0.5) is 5.69 Å². The Bertz CT molecular complexity index is 810. The first-order valence-corrected chi connectivity index (χ1v) is 7.75. The number of furan rings is 1. The highest BCUT2D eigenvalue weighted by atomic mass is 16.4. The molecule has 3 N–H and O–H groups in total. The molecule has 7 heteroatoms. The Morgan fingerprint density at radius 1 is 1.24 bits per heavy atom. The molecule has 0 radical (unpaired) electrons. The van der Waals surface area contributed by atoms with Crippen molar-refractivity contribution in [1.82, 2.24) is 0 Å². The van der Waals surface area contributed by atoms with Crippen LogP contribution in [-0.2, 0) is 16.0 Å². The van der Waals surface area contributed by atoms with Crippen molar-refractivity contribution in [2.24, 2.45) is 5.73 Å². The van der Waals surface area contributed by atoms with Crippen LogP contribution in [-0.4, -0.2) is 29.4 Å². The van der Waals surface area contributed by atoms with Gasteiger partial charge in [0.2, 0.25) is 5.91 Å². The first-order chi connectivity index (χ1) is 11.8. The van der Waals surface area contributed by atoms with Crippen molar-refractivity contribution in [3.05, 3.63) is 53.0 Å². The van der Waals surface area contributed by atoms with Crippen LogP contribution in [0, 0.1) is 13.8 Å². The maximum atomic E-state index is 13.1. The Labute approximate surface area is 145 Å². The number of rotatable bonds is 7. The molecule has 132 valence electrons. The van der Waals surface area contributed by atoms with E-state index in [1.54, 1.807) is 19.1 Å².